The van der Waals surface area contributed by atoms with E-state index in [0.29, 0.717) is 30.6 Å². The maximum atomic E-state index is 12.9. The van der Waals surface area contributed by atoms with Crippen LogP contribution in [-0.4, -0.2) is 40.7 Å². The highest BCUT2D eigenvalue weighted by Crippen LogP contribution is 2.20. The smallest absolute Gasteiger partial charge is 0.225 e. The van der Waals surface area contributed by atoms with E-state index in [1.165, 1.54) is 12.4 Å². The fourth-order valence-corrected chi connectivity index (χ4v) is 3.04. The van der Waals surface area contributed by atoms with Crippen LogP contribution in [-0.2, 0) is 11.2 Å². The molecule has 1 fully saturated rings. The van der Waals surface area contributed by atoms with Gasteiger partial charge in [0.2, 0.25) is 11.9 Å². The first-order valence-corrected chi connectivity index (χ1v) is 8.44. The molecule has 2 aromatic rings. The van der Waals surface area contributed by atoms with E-state index in [2.05, 4.69) is 20.4 Å². The molecule has 1 amide bonds. The van der Waals surface area contributed by atoms with Crippen LogP contribution in [0.4, 0.5) is 10.3 Å². The summed E-state index contributed by atoms with van der Waals surface area (Å²) in [5.41, 5.74) is 1.63. The molecule has 0 atom stereocenters. The molecule has 0 radical (unpaired) electrons. The summed E-state index contributed by atoms with van der Waals surface area (Å²) < 4.78 is 18.0. The topological polar surface area (TPSA) is 84.2 Å². The summed E-state index contributed by atoms with van der Waals surface area (Å²) in [6.45, 7) is 5.91. The lowest BCUT2D eigenvalue weighted by atomic mass is 9.97. The number of nitrogens with zero attached hydrogens (tertiary/aromatic N) is 4. The number of carbonyl (C=O) groups excluding carboxylic acids is 1. The molecule has 0 aromatic carbocycles. The van der Waals surface area contributed by atoms with Gasteiger partial charge < -0.3 is 14.7 Å². The number of hydrogen-bond acceptors (Lipinski definition) is 6. The van der Waals surface area contributed by atoms with Gasteiger partial charge in [0.15, 0.2) is 5.82 Å². The van der Waals surface area contributed by atoms with Crippen LogP contribution in [0.25, 0.3) is 0 Å². The molecule has 0 spiro atoms. The van der Waals surface area contributed by atoms with Gasteiger partial charge in [0, 0.05) is 25.2 Å². The molecule has 1 saturated heterocycles. The number of amides is 1. The number of nitrogens with one attached hydrogen (secondary N) is 1. The minimum absolute atomic E-state index is 0.0151. The quantitative estimate of drug-likeness (QED) is 0.888. The predicted molar refractivity (Wildman–Crippen MR) is 89.6 cm³/mol. The fourth-order valence-electron chi connectivity index (χ4n) is 3.04. The average Bonchev–Trinajstić information content (AvgIpc) is 2.93. The SMILES string of the molecule is Cc1noc(C)c1CC(=O)NCC1CCN(c2ncc(F)cn2)CC1. The highest BCUT2D eigenvalue weighted by molar-refractivity contribution is 5.79. The second-order valence-corrected chi connectivity index (χ2v) is 6.42. The lowest BCUT2D eigenvalue weighted by molar-refractivity contribution is -0.120. The summed E-state index contributed by atoms with van der Waals surface area (Å²) in [4.78, 5) is 22.2. The first-order valence-electron chi connectivity index (χ1n) is 8.44. The molecule has 1 aliphatic heterocycles. The molecule has 1 N–H and O–H groups in total. The van der Waals surface area contributed by atoms with Gasteiger partial charge >= 0.3 is 0 Å². The lowest BCUT2D eigenvalue weighted by Crippen LogP contribution is -2.39. The molecule has 0 aliphatic carbocycles. The number of aromatic nitrogens is 3. The molecule has 3 heterocycles. The summed E-state index contributed by atoms with van der Waals surface area (Å²) in [5, 5.41) is 6.87. The minimum atomic E-state index is -0.431. The first kappa shape index (κ1) is 17.3. The summed E-state index contributed by atoms with van der Waals surface area (Å²) in [5.74, 6) is 1.23. The number of aryl methyl sites for hydroxylation is 2. The Kier molecular flexibility index (Phi) is 5.25. The number of carbonyl (C=O) groups is 1. The Morgan fingerprint density at radius 2 is 2.00 bits per heavy atom. The zero-order valence-corrected chi connectivity index (χ0v) is 14.5. The zero-order chi connectivity index (χ0) is 17.8. The molecule has 0 unspecified atom stereocenters. The Morgan fingerprint density at radius 1 is 1.32 bits per heavy atom. The van der Waals surface area contributed by atoms with Crippen molar-refractivity contribution in [2.75, 3.05) is 24.5 Å². The van der Waals surface area contributed by atoms with Crippen molar-refractivity contribution < 1.29 is 13.7 Å². The van der Waals surface area contributed by atoms with Crippen LogP contribution in [0.2, 0.25) is 0 Å². The highest BCUT2D eigenvalue weighted by Gasteiger charge is 2.22. The summed E-state index contributed by atoms with van der Waals surface area (Å²) in [7, 11) is 0. The third-order valence-corrected chi connectivity index (χ3v) is 4.61. The molecule has 0 bridgehead atoms. The van der Waals surface area contributed by atoms with Crippen molar-refractivity contribution in [2.45, 2.75) is 33.1 Å². The van der Waals surface area contributed by atoms with E-state index in [1.807, 2.05) is 18.7 Å². The van der Waals surface area contributed by atoms with Crippen molar-refractivity contribution in [3.8, 4) is 0 Å². The minimum Gasteiger partial charge on any atom is -0.361 e. The average molecular weight is 347 g/mol. The van der Waals surface area contributed by atoms with Crippen LogP contribution < -0.4 is 10.2 Å². The highest BCUT2D eigenvalue weighted by atomic mass is 19.1. The van der Waals surface area contributed by atoms with E-state index in [-0.39, 0.29) is 5.91 Å². The van der Waals surface area contributed by atoms with Crippen LogP contribution in [0.3, 0.4) is 0 Å². The summed E-state index contributed by atoms with van der Waals surface area (Å²) in [6.07, 6.45) is 4.54. The van der Waals surface area contributed by atoms with Gasteiger partial charge in [-0.25, -0.2) is 14.4 Å². The molecule has 2 aromatic heterocycles. The summed E-state index contributed by atoms with van der Waals surface area (Å²) in [6, 6.07) is 0. The fraction of sp³-hybridized carbons (Fsp3) is 0.529. The molecular weight excluding hydrogens is 325 g/mol. The van der Waals surface area contributed by atoms with Crippen LogP contribution in [0.15, 0.2) is 16.9 Å². The van der Waals surface area contributed by atoms with E-state index in [1.54, 1.807) is 0 Å². The van der Waals surface area contributed by atoms with Gasteiger partial charge in [-0.1, -0.05) is 5.16 Å². The number of halogens is 1. The van der Waals surface area contributed by atoms with Gasteiger partial charge in [-0.2, -0.15) is 0 Å². The van der Waals surface area contributed by atoms with Crippen molar-refractivity contribution in [1.29, 1.82) is 0 Å². The monoisotopic (exact) mass is 347 g/mol. The Balaban J connectivity index is 1.43. The predicted octanol–water partition coefficient (Wildman–Crippen LogP) is 1.80. The van der Waals surface area contributed by atoms with Crippen molar-refractivity contribution in [1.82, 2.24) is 20.4 Å². The zero-order valence-electron chi connectivity index (χ0n) is 14.5. The molecule has 7 nitrogen and oxygen atoms in total. The van der Waals surface area contributed by atoms with Crippen LogP contribution in [0.5, 0.6) is 0 Å². The molecule has 134 valence electrons. The van der Waals surface area contributed by atoms with Gasteiger partial charge in [0.05, 0.1) is 24.5 Å². The van der Waals surface area contributed by atoms with Crippen LogP contribution in [0.1, 0.15) is 29.9 Å². The second-order valence-electron chi connectivity index (χ2n) is 6.42. The molecule has 1 aliphatic rings. The van der Waals surface area contributed by atoms with Crippen LogP contribution >= 0.6 is 0 Å². The van der Waals surface area contributed by atoms with E-state index in [9.17, 15) is 9.18 Å². The first-order chi connectivity index (χ1) is 12.0. The van der Waals surface area contributed by atoms with Crippen LogP contribution in [0, 0.1) is 25.6 Å². The molecule has 8 heteroatoms. The van der Waals surface area contributed by atoms with Gasteiger partial charge in [-0.15, -0.1) is 0 Å². The third-order valence-electron chi connectivity index (χ3n) is 4.61. The Morgan fingerprint density at radius 3 is 2.60 bits per heavy atom. The van der Waals surface area contributed by atoms with E-state index in [4.69, 9.17) is 4.52 Å². The van der Waals surface area contributed by atoms with Crippen molar-refractivity contribution in [2.24, 2.45) is 5.92 Å². The summed E-state index contributed by atoms with van der Waals surface area (Å²) >= 11 is 0. The molecule has 3 rings (SSSR count). The molecular formula is C17H22FN5O2. The second kappa shape index (κ2) is 7.58. The van der Waals surface area contributed by atoms with Crippen molar-refractivity contribution >= 4 is 11.9 Å². The number of hydrogen-bond donors (Lipinski definition) is 1. The Labute approximate surface area is 145 Å². The van der Waals surface area contributed by atoms with Crippen molar-refractivity contribution in [3.63, 3.8) is 0 Å². The lowest BCUT2D eigenvalue weighted by Gasteiger charge is -2.31. The normalized spacial score (nSPS) is 15.4. The number of rotatable bonds is 5. The molecule has 25 heavy (non-hydrogen) atoms. The number of piperidine rings is 1. The van der Waals surface area contributed by atoms with Crippen molar-refractivity contribution in [3.05, 3.63) is 35.2 Å². The standard InChI is InChI=1S/C17H22FN5O2/c1-11-15(12(2)25-22-11)7-16(24)19-8-13-3-5-23(6-4-13)17-20-9-14(18)10-21-17/h9-10,13H,3-8H2,1-2H3,(H,19,24). The largest absolute Gasteiger partial charge is 0.361 e. The van der Waals surface area contributed by atoms with Gasteiger partial charge in [0.1, 0.15) is 5.76 Å². The van der Waals surface area contributed by atoms with E-state index >= 15 is 0 Å². The maximum Gasteiger partial charge on any atom is 0.225 e. The molecule has 0 saturated carbocycles. The Hall–Kier alpha value is -2.51. The van der Waals surface area contributed by atoms with Gasteiger partial charge in [-0.3, -0.25) is 4.79 Å². The Bertz CT molecular complexity index is 704. The maximum absolute atomic E-state index is 12.9. The van der Waals surface area contributed by atoms with Gasteiger partial charge in [-0.05, 0) is 32.6 Å². The van der Waals surface area contributed by atoms with E-state index < -0.39 is 5.82 Å². The number of anilines is 1. The van der Waals surface area contributed by atoms with E-state index in [0.717, 1.165) is 37.2 Å². The third kappa shape index (κ3) is 4.32. The van der Waals surface area contributed by atoms with Gasteiger partial charge in [0.25, 0.3) is 0 Å².